The van der Waals surface area contributed by atoms with Gasteiger partial charge in [0.2, 0.25) is 0 Å². The SMILES string of the molecule is Cc1cccc(F)c1NC(=O)N1CCC(c2nccs2)CC1. The number of aryl methyl sites for hydroxylation is 1. The quantitative estimate of drug-likeness (QED) is 0.909. The second kappa shape index (κ2) is 6.44. The lowest BCUT2D eigenvalue weighted by molar-refractivity contribution is 0.194. The number of rotatable bonds is 2. The number of piperidine rings is 1. The maximum atomic E-state index is 13.8. The minimum atomic E-state index is -0.397. The Hall–Kier alpha value is -1.95. The molecule has 1 aromatic carbocycles. The number of amides is 2. The maximum Gasteiger partial charge on any atom is 0.321 e. The molecule has 1 aliphatic heterocycles. The maximum absolute atomic E-state index is 13.8. The highest BCUT2D eigenvalue weighted by molar-refractivity contribution is 7.09. The summed E-state index contributed by atoms with van der Waals surface area (Å²) in [5, 5.41) is 5.82. The number of likely N-dealkylation sites (tertiary alicyclic amines) is 1. The Morgan fingerprint density at radius 3 is 2.82 bits per heavy atom. The Morgan fingerprint density at radius 2 is 2.18 bits per heavy atom. The molecule has 0 bridgehead atoms. The monoisotopic (exact) mass is 319 g/mol. The van der Waals surface area contributed by atoms with Crippen LogP contribution >= 0.6 is 11.3 Å². The predicted molar refractivity (Wildman–Crippen MR) is 85.8 cm³/mol. The van der Waals surface area contributed by atoms with Crippen LogP contribution < -0.4 is 5.32 Å². The minimum Gasteiger partial charge on any atom is -0.324 e. The van der Waals surface area contributed by atoms with Crippen LogP contribution in [-0.4, -0.2) is 29.0 Å². The fraction of sp³-hybridized carbons (Fsp3) is 0.375. The minimum absolute atomic E-state index is 0.231. The van der Waals surface area contributed by atoms with Crippen LogP contribution in [0.2, 0.25) is 0 Å². The predicted octanol–water partition coefficient (Wildman–Crippen LogP) is 4.00. The lowest BCUT2D eigenvalue weighted by atomic mass is 9.98. The molecule has 2 heterocycles. The number of benzene rings is 1. The first-order valence-electron chi connectivity index (χ1n) is 7.35. The van der Waals surface area contributed by atoms with Gasteiger partial charge in [-0.15, -0.1) is 11.3 Å². The van der Waals surface area contributed by atoms with Crippen LogP contribution in [0, 0.1) is 12.7 Å². The van der Waals surface area contributed by atoms with E-state index in [1.54, 1.807) is 35.3 Å². The van der Waals surface area contributed by atoms with Gasteiger partial charge in [0.25, 0.3) is 0 Å². The molecule has 0 saturated carbocycles. The average Bonchev–Trinajstić information content (AvgIpc) is 3.05. The van der Waals surface area contributed by atoms with Crippen LogP contribution in [0.5, 0.6) is 0 Å². The molecule has 0 spiro atoms. The highest BCUT2D eigenvalue weighted by Crippen LogP contribution is 2.29. The molecule has 1 aromatic heterocycles. The number of nitrogens with zero attached hydrogens (tertiary/aromatic N) is 2. The standard InChI is InChI=1S/C16H18FN3OS/c1-11-3-2-4-13(17)14(11)19-16(21)20-8-5-12(6-9-20)15-18-7-10-22-15/h2-4,7,10,12H,5-6,8-9H2,1H3,(H,19,21). The Morgan fingerprint density at radius 1 is 1.41 bits per heavy atom. The molecule has 4 nitrogen and oxygen atoms in total. The van der Waals surface area contributed by atoms with Crippen molar-refractivity contribution < 1.29 is 9.18 Å². The van der Waals surface area contributed by atoms with Crippen LogP contribution in [-0.2, 0) is 0 Å². The number of thiazole rings is 1. The van der Waals surface area contributed by atoms with E-state index in [4.69, 9.17) is 0 Å². The van der Waals surface area contributed by atoms with Gasteiger partial charge in [0.15, 0.2) is 0 Å². The second-order valence-corrected chi connectivity index (χ2v) is 6.42. The highest BCUT2D eigenvalue weighted by atomic mass is 32.1. The largest absolute Gasteiger partial charge is 0.324 e. The summed E-state index contributed by atoms with van der Waals surface area (Å²) in [6, 6.07) is 4.55. The fourth-order valence-corrected chi connectivity index (χ4v) is 3.55. The van der Waals surface area contributed by atoms with Crippen molar-refractivity contribution in [1.29, 1.82) is 0 Å². The number of aromatic nitrogens is 1. The van der Waals surface area contributed by atoms with Crippen molar-refractivity contribution in [3.63, 3.8) is 0 Å². The molecular weight excluding hydrogens is 301 g/mol. The number of halogens is 1. The molecule has 1 N–H and O–H groups in total. The number of carbonyl (C=O) groups excluding carboxylic acids is 1. The molecule has 0 atom stereocenters. The van der Waals surface area contributed by atoms with Gasteiger partial charge in [0, 0.05) is 30.6 Å². The van der Waals surface area contributed by atoms with Crippen molar-refractivity contribution >= 4 is 23.1 Å². The van der Waals surface area contributed by atoms with E-state index in [9.17, 15) is 9.18 Å². The average molecular weight is 319 g/mol. The third kappa shape index (κ3) is 3.11. The van der Waals surface area contributed by atoms with E-state index in [0.29, 0.717) is 19.0 Å². The van der Waals surface area contributed by atoms with E-state index in [2.05, 4.69) is 10.3 Å². The molecule has 22 heavy (non-hydrogen) atoms. The van der Waals surface area contributed by atoms with E-state index in [1.165, 1.54) is 6.07 Å². The second-order valence-electron chi connectivity index (χ2n) is 5.49. The molecule has 116 valence electrons. The van der Waals surface area contributed by atoms with Gasteiger partial charge in [-0.05, 0) is 31.4 Å². The lowest BCUT2D eigenvalue weighted by Crippen LogP contribution is -2.40. The Balaban J connectivity index is 1.60. The number of hydrogen-bond donors (Lipinski definition) is 1. The van der Waals surface area contributed by atoms with Crippen molar-refractivity contribution in [2.24, 2.45) is 0 Å². The third-order valence-corrected chi connectivity index (χ3v) is 4.97. The van der Waals surface area contributed by atoms with Crippen LogP contribution in [0.15, 0.2) is 29.8 Å². The molecule has 6 heteroatoms. The van der Waals surface area contributed by atoms with Gasteiger partial charge in [-0.2, -0.15) is 0 Å². The number of anilines is 1. The summed E-state index contributed by atoms with van der Waals surface area (Å²) in [5.41, 5.74) is 1.00. The fourth-order valence-electron chi connectivity index (χ4n) is 2.74. The molecule has 2 aromatic rings. The molecule has 1 saturated heterocycles. The van der Waals surface area contributed by atoms with Crippen LogP contribution in [0.25, 0.3) is 0 Å². The zero-order chi connectivity index (χ0) is 15.5. The number of nitrogens with one attached hydrogen (secondary N) is 1. The molecule has 0 unspecified atom stereocenters. The van der Waals surface area contributed by atoms with Gasteiger partial charge in [-0.1, -0.05) is 12.1 Å². The smallest absolute Gasteiger partial charge is 0.321 e. The van der Waals surface area contributed by atoms with E-state index in [1.807, 2.05) is 11.6 Å². The van der Waals surface area contributed by atoms with Crippen LogP contribution in [0.1, 0.15) is 29.3 Å². The van der Waals surface area contributed by atoms with E-state index < -0.39 is 5.82 Å². The van der Waals surface area contributed by atoms with Crippen LogP contribution in [0.3, 0.4) is 0 Å². The van der Waals surface area contributed by atoms with E-state index >= 15 is 0 Å². The Labute approximate surface area is 133 Å². The van der Waals surface area contributed by atoms with Crippen molar-refractivity contribution in [2.75, 3.05) is 18.4 Å². The van der Waals surface area contributed by atoms with Gasteiger partial charge in [-0.25, -0.2) is 14.2 Å². The third-order valence-electron chi connectivity index (χ3n) is 4.04. The Kier molecular flexibility index (Phi) is 4.38. The van der Waals surface area contributed by atoms with Gasteiger partial charge in [0.1, 0.15) is 5.82 Å². The lowest BCUT2D eigenvalue weighted by Gasteiger charge is -2.31. The molecule has 0 radical (unpaired) electrons. The molecule has 1 fully saturated rings. The summed E-state index contributed by atoms with van der Waals surface area (Å²) >= 11 is 1.67. The molecule has 0 aliphatic carbocycles. The summed E-state index contributed by atoms with van der Waals surface area (Å²) < 4.78 is 13.8. The van der Waals surface area contributed by atoms with Gasteiger partial charge >= 0.3 is 6.03 Å². The number of urea groups is 1. The number of hydrogen-bond acceptors (Lipinski definition) is 3. The topological polar surface area (TPSA) is 45.2 Å². The van der Waals surface area contributed by atoms with Crippen molar-refractivity contribution in [1.82, 2.24) is 9.88 Å². The van der Waals surface area contributed by atoms with Crippen molar-refractivity contribution in [2.45, 2.75) is 25.7 Å². The molecule has 2 amide bonds. The first-order valence-corrected chi connectivity index (χ1v) is 8.23. The summed E-state index contributed by atoms with van der Waals surface area (Å²) in [5.74, 6) is 0.0327. The van der Waals surface area contributed by atoms with Gasteiger partial charge < -0.3 is 10.2 Å². The highest BCUT2D eigenvalue weighted by Gasteiger charge is 2.25. The summed E-state index contributed by atoms with van der Waals surface area (Å²) in [7, 11) is 0. The van der Waals surface area contributed by atoms with Crippen molar-refractivity contribution in [3.8, 4) is 0 Å². The number of carbonyl (C=O) groups is 1. The molecule has 3 rings (SSSR count). The Bertz CT molecular complexity index is 631. The summed E-state index contributed by atoms with van der Waals surface area (Å²) in [4.78, 5) is 18.4. The zero-order valence-corrected chi connectivity index (χ0v) is 13.2. The van der Waals surface area contributed by atoms with Gasteiger partial charge in [0.05, 0.1) is 10.7 Å². The van der Waals surface area contributed by atoms with Crippen molar-refractivity contribution in [3.05, 3.63) is 46.2 Å². The summed E-state index contributed by atoms with van der Waals surface area (Å²) in [6.07, 6.45) is 3.62. The normalized spacial score (nSPS) is 15.8. The molecular formula is C16H18FN3OS. The first-order chi connectivity index (χ1) is 10.6. The van der Waals surface area contributed by atoms with Crippen LogP contribution in [0.4, 0.5) is 14.9 Å². The first kappa shape index (κ1) is 15.0. The van der Waals surface area contributed by atoms with E-state index in [0.717, 1.165) is 23.4 Å². The zero-order valence-electron chi connectivity index (χ0n) is 12.4. The molecule has 1 aliphatic rings. The van der Waals surface area contributed by atoms with Gasteiger partial charge in [-0.3, -0.25) is 0 Å². The van der Waals surface area contributed by atoms with E-state index in [-0.39, 0.29) is 11.7 Å². The summed E-state index contributed by atoms with van der Waals surface area (Å²) in [6.45, 7) is 3.13. The number of para-hydroxylation sites is 1.